The van der Waals surface area contributed by atoms with E-state index >= 15 is 0 Å². The highest BCUT2D eigenvalue weighted by atomic mass is 79.9. The fraction of sp³-hybridized carbons (Fsp3) is 0.167. The van der Waals surface area contributed by atoms with Crippen LogP contribution in [0.1, 0.15) is 6.42 Å². The zero-order valence-corrected chi connectivity index (χ0v) is 5.77. The van der Waals surface area contributed by atoms with Crippen LogP contribution in [0.4, 0.5) is 0 Å². The minimum Gasteiger partial charge on any atom is -0.193 e. The number of hydrogen-bond acceptors (Lipinski definition) is 1. The highest BCUT2D eigenvalue weighted by Gasteiger charge is 2.00. The van der Waals surface area contributed by atoms with Crippen molar-refractivity contribution in [2.75, 3.05) is 0 Å². The van der Waals surface area contributed by atoms with Crippen molar-refractivity contribution in [3.05, 3.63) is 22.2 Å². The van der Waals surface area contributed by atoms with Gasteiger partial charge in [-0.1, -0.05) is 22.0 Å². The summed E-state index contributed by atoms with van der Waals surface area (Å²) in [5.41, 5.74) is 0.830. The number of nitriles is 1. The average molecular weight is 170 g/mol. The molecule has 0 amide bonds. The van der Waals surface area contributed by atoms with Crippen LogP contribution in [0.5, 0.6) is 0 Å². The van der Waals surface area contributed by atoms with Crippen LogP contribution in [0.25, 0.3) is 0 Å². The van der Waals surface area contributed by atoms with Gasteiger partial charge >= 0.3 is 0 Å². The molecule has 0 fully saturated rings. The predicted molar refractivity (Wildman–Crippen MR) is 35.3 cm³/mol. The maximum Gasteiger partial charge on any atom is 0.0950 e. The van der Waals surface area contributed by atoms with E-state index < -0.39 is 0 Å². The molecule has 0 saturated carbocycles. The number of halogens is 1. The van der Waals surface area contributed by atoms with Gasteiger partial charge in [-0.3, -0.25) is 0 Å². The molecule has 0 spiro atoms. The second kappa shape index (κ2) is 2.15. The quantitative estimate of drug-likeness (QED) is 0.546. The molecule has 0 heterocycles. The van der Waals surface area contributed by atoms with E-state index in [0.717, 1.165) is 16.5 Å². The van der Waals surface area contributed by atoms with Crippen molar-refractivity contribution < 1.29 is 0 Å². The molecule has 0 aromatic heterocycles. The molecule has 40 valence electrons. The monoisotopic (exact) mass is 169 g/mol. The van der Waals surface area contributed by atoms with E-state index in [1.807, 2.05) is 12.2 Å². The third kappa shape index (κ3) is 0.988. The second-order valence-electron chi connectivity index (χ2n) is 1.57. The third-order valence-corrected chi connectivity index (χ3v) is 1.53. The summed E-state index contributed by atoms with van der Waals surface area (Å²) in [4.78, 5) is 0. The van der Waals surface area contributed by atoms with Crippen molar-refractivity contribution in [2.24, 2.45) is 0 Å². The first-order valence-corrected chi connectivity index (χ1v) is 3.08. The Bertz CT molecular complexity index is 195. The van der Waals surface area contributed by atoms with Crippen molar-refractivity contribution in [3.63, 3.8) is 0 Å². The van der Waals surface area contributed by atoms with Crippen LogP contribution in [-0.2, 0) is 0 Å². The predicted octanol–water partition coefficient (Wildman–Crippen LogP) is 2.12. The molecule has 0 aromatic carbocycles. The molecule has 8 heavy (non-hydrogen) atoms. The standard InChI is InChI=1S/C6H4BrN/c7-6-2-1-5(3-6)4-8/h2-3H,1H2. The fourth-order valence-corrected chi connectivity index (χ4v) is 1.01. The molecule has 1 aliphatic carbocycles. The van der Waals surface area contributed by atoms with Crippen molar-refractivity contribution in [2.45, 2.75) is 6.42 Å². The minimum absolute atomic E-state index is 0.789. The number of nitrogens with zero attached hydrogens (tertiary/aromatic N) is 1. The molecule has 0 aliphatic heterocycles. The highest BCUT2D eigenvalue weighted by molar-refractivity contribution is 9.11. The lowest BCUT2D eigenvalue weighted by Gasteiger charge is -1.75. The Morgan fingerprint density at radius 1 is 1.75 bits per heavy atom. The summed E-state index contributed by atoms with van der Waals surface area (Å²) in [6, 6.07) is 2.07. The summed E-state index contributed by atoms with van der Waals surface area (Å²) in [6.45, 7) is 0. The van der Waals surface area contributed by atoms with E-state index in [9.17, 15) is 0 Å². The van der Waals surface area contributed by atoms with Crippen molar-refractivity contribution in [1.82, 2.24) is 0 Å². The van der Waals surface area contributed by atoms with Gasteiger partial charge in [0.2, 0.25) is 0 Å². The molecular weight excluding hydrogens is 166 g/mol. The molecule has 0 bridgehead atoms. The Morgan fingerprint density at radius 3 is 2.75 bits per heavy atom. The smallest absolute Gasteiger partial charge is 0.0950 e. The summed E-state index contributed by atoms with van der Waals surface area (Å²) in [6.07, 6.45) is 4.59. The van der Waals surface area contributed by atoms with Crippen LogP contribution in [0.2, 0.25) is 0 Å². The van der Waals surface area contributed by atoms with Gasteiger partial charge in [0.05, 0.1) is 6.07 Å². The molecule has 0 radical (unpaired) electrons. The molecule has 1 aliphatic rings. The molecule has 0 atom stereocenters. The van der Waals surface area contributed by atoms with E-state index in [0.29, 0.717) is 0 Å². The summed E-state index contributed by atoms with van der Waals surface area (Å²) in [5.74, 6) is 0. The van der Waals surface area contributed by atoms with E-state index in [4.69, 9.17) is 5.26 Å². The topological polar surface area (TPSA) is 23.8 Å². The molecule has 1 nitrogen and oxygen atoms in total. The molecule has 0 unspecified atom stereocenters. The number of rotatable bonds is 0. The fourth-order valence-electron chi connectivity index (χ4n) is 0.570. The SMILES string of the molecule is N#CC1=CC(Br)=CC1. The van der Waals surface area contributed by atoms with Gasteiger partial charge in [-0.25, -0.2) is 0 Å². The summed E-state index contributed by atoms with van der Waals surface area (Å²) >= 11 is 3.25. The molecule has 2 heteroatoms. The number of hydrogen-bond donors (Lipinski definition) is 0. The van der Waals surface area contributed by atoms with Crippen LogP contribution in [0.15, 0.2) is 22.2 Å². The van der Waals surface area contributed by atoms with Crippen LogP contribution in [0, 0.1) is 11.3 Å². The maximum atomic E-state index is 8.31. The molecule has 0 saturated heterocycles. The van der Waals surface area contributed by atoms with Crippen molar-refractivity contribution in [1.29, 1.82) is 5.26 Å². The Morgan fingerprint density at radius 2 is 2.50 bits per heavy atom. The first-order valence-electron chi connectivity index (χ1n) is 2.29. The highest BCUT2D eigenvalue weighted by Crippen LogP contribution is 2.20. The second-order valence-corrected chi connectivity index (χ2v) is 2.49. The first-order chi connectivity index (χ1) is 3.83. The van der Waals surface area contributed by atoms with Gasteiger partial charge in [0.1, 0.15) is 0 Å². The van der Waals surface area contributed by atoms with Crippen molar-refractivity contribution >= 4 is 15.9 Å². The normalized spacial score (nSPS) is 17.0. The van der Waals surface area contributed by atoms with E-state index in [2.05, 4.69) is 22.0 Å². The lowest BCUT2D eigenvalue weighted by Crippen LogP contribution is -1.64. The number of allylic oxidation sites excluding steroid dienone is 4. The summed E-state index contributed by atoms with van der Waals surface area (Å²) < 4.78 is 1.02. The summed E-state index contributed by atoms with van der Waals surface area (Å²) in [7, 11) is 0. The van der Waals surface area contributed by atoms with Gasteiger partial charge in [0, 0.05) is 16.5 Å². The minimum atomic E-state index is 0.789. The van der Waals surface area contributed by atoms with Gasteiger partial charge in [0.25, 0.3) is 0 Å². The Kier molecular flexibility index (Phi) is 1.50. The van der Waals surface area contributed by atoms with Crippen LogP contribution in [0.3, 0.4) is 0 Å². The van der Waals surface area contributed by atoms with Crippen LogP contribution in [-0.4, -0.2) is 0 Å². The Hall–Kier alpha value is -0.550. The van der Waals surface area contributed by atoms with Gasteiger partial charge in [-0.15, -0.1) is 0 Å². The van der Waals surface area contributed by atoms with Crippen LogP contribution < -0.4 is 0 Å². The average Bonchev–Trinajstić information content (AvgIpc) is 2.14. The molecule has 1 rings (SSSR count). The Labute approximate surface area is 56.4 Å². The molecular formula is C6H4BrN. The van der Waals surface area contributed by atoms with E-state index in [1.165, 1.54) is 0 Å². The zero-order chi connectivity index (χ0) is 5.98. The summed E-state index contributed by atoms with van der Waals surface area (Å²) in [5, 5.41) is 8.31. The van der Waals surface area contributed by atoms with Crippen LogP contribution >= 0.6 is 15.9 Å². The lowest BCUT2D eigenvalue weighted by molar-refractivity contribution is 1.32. The zero-order valence-electron chi connectivity index (χ0n) is 4.19. The van der Waals surface area contributed by atoms with Gasteiger partial charge < -0.3 is 0 Å². The van der Waals surface area contributed by atoms with E-state index in [1.54, 1.807) is 0 Å². The third-order valence-electron chi connectivity index (χ3n) is 0.973. The van der Waals surface area contributed by atoms with Gasteiger partial charge in [-0.05, 0) is 6.08 Å². The lowest BCUT2D eigenvalue weighted by atomic mass is 10.3. The van der Waals surface area contributed by atoms with Gasteiger partial charge in [0.15, 0.2) is 0 Å². The Balaban J connectivity index is 2.74. The maximum absolute atomic E-state index is 8.31. The van der Waals surface area contributed by atoms with Gasteiger partial charge in [-0.2, -0.15) is 5.26 Å². The molecule has 0 N–H and O–H groups in total. The first kappa shape index (κ1) is 5.58. The largest absolute Gasteiger partial charge is 0.193 e. The molecule has 0 aromatic rings. The van der Waals surface area contributed by atoms with Crippen molar-refractivity contribution in [3.8, 4) is 6.07 Å². The van der Waals surface area contributed by atoms with E-state index in [-0.39, 0.29) is 0 Å².